The van der Waals surface area contributed by atoms with Gasteiger partial charge in [0.05, 0.1) is 10.8 Å². The van der Waals surface area contributed by atoms with E-state index in [0.29, 0.717) is 17.9 Å². The van der Waals surface area contributed by atoms with Crippen molar-refractivity contribution in [3.8, 4) is 0 Å². The SMILES string of the molecule is Cc1ccc(S(=O)(=O)N2CC(C(=O)O)CCC2C)cc1Cl. The van der Waals surface area contributed by atoms with Crippen LogP contribution in [0, 0.1) is 12.8 Å². The van der Waals surface area contributed by atoms with E-state index in [4.69, 9.17) is 16.7 Å². The van der Waals surface area contributed by atoms with Crippen molar-refractivity contribution >= 4 is 27.6 Å². The normalized spacial score (nSPS) is 24.0. The Balaban J connectivity index is 2.36. The number of carbonyl (C=O) groups is 1. The summed E-state index contributed by atoms with van der Waals surface area (Å²) in [5, 5.41) is 9.50. The average molecular weight is 332 g/mol. The van der Waals surface area contributed by atoms with Crippen molar-refractivity contribution in [2.75, 3.05) is 6.54 Å². The minimum absolute atomic E-state index is 0.00429. The summed E-state index contributed by atoms with van der Waals surface area (Å²) in [6.07, 6.45) is 1.03. The van der Waals surface area contributed by atoms with Crippen LogP contribution in [0.25, 0.3) is 0 Å². The van der Waals surface area contributed by atoms with E-state index in [0.717, 1.165) is 5.56 Å². The van der Waals surface area contributed by atoms with Gasteiger partial charge in [0.1, 0.15) is 0 Å². The van der Waals surface area contributed by atoms with Crippen LogP contribution < -0.4 is 0 Å². The van der Waals surface area contributed by atoms with Gasteiger partial charge in [-0.25, -0.2) is 8.42 Å². The molecule has 0 radical (unpaired) electrons. The molecule has 0 aromatic heterocycles. The largest absolute Gasteiger partial charge is 0.481 e. The third kappa shape index (κ3) is 3.22. The number of aryl methyl sites for hydroxylation is 1. The predicted molar refractivity (Wildman–Crippen MR) is 79.9 cm³/mol. The summed E-state index contributed by atoms with van der Waals surface area (Å²) < 4.78 is 26.7. The van der Waals surface area contributed by atoms with Crippen LogP contribution in [0.5, 0.6) is 0 Å². The van der Waals surface area contributed by atoms with Crippen molar-refractivity contribution in [3.05, 3.63) is 28.8 Å². The molecule has 1 aromatic rings. The first-order valence-corrected chi connectivity index (χ1v) is 8.56. The fourth-order valence-corrected chi connectivity index (χ4v) is 4.46. The monoisotopic (exact) mass is 331 g/mol. The zero-order valence-electron chi connectivity index (χ0n) is 11.9. The lowest BCUT2D eigenvalue weighted by molar-refractivity contribution is -0.143. The maximum Gasteiger partial charge on any atom is 0.307 e. The highest BCUT2D eigenvalue weighted by Crippen LogP contribution is 2.29. The first-order chi connectivity index (χ1) is 9.73. The van der Waals surface area contributed by atoms with Crippen molar-refractivity contribution in [1.29, 1.82) is 0 Å². The molecule has 0 spiro atoms. The van der Waals surface area contributed by atoms with Crippen molar-refractivity contribution < 1.29 is 18.3 Å². The molecule has 0 saturated carbocycles. The summed E-state index contributed by atoms with van der Waals surface area (Å²) in [6, 6.07) is 4.36. The second-order valence-electron chi connectivity index (χ2n) is 5.45. The van der Waals surface area contributed by atoms with Crippen molar-refractivity contribution in [2.24, 2.45) is 5.92 Å². The number of nitrogens with zero attached hydrogens (tertiary/aromatic N) is 1. The van der Waals surface area contributed by atoms with Gasteiger partial charge in [-0.2, -0.15) is 4.31 Å². The van der Waals surface area contributed by atoms with E-state index in [9.17, 15) is 13.2 Å². The second-order valence-corrected chi connectivity index (χ2v) is 7.75. The van der Waals surface area contributed by atoms with Crippen LogP contribution in [0.15, 0.2) is 23.1 Å². The Hall–Kier alpha value is -1.11. The number of sulfonamides is 1. The van der Waals surface area contributed by atoms with E-state index in [-0.39, 0.29) is 17.5 Å². The topological polar surface area (TPSA) is 74.7 Å². The number of aliphatic carboxylic acids is 1. The molecular weight excluding hydrogens is 314 g/mol. The average Bonchev–Trinajstić information content (AvgIpc) is 2.41. The standard InChI is InChI=1S/C14H18ClNO4S/c1-9-3-6-12(7-13(9)15)21(19,20)16-8-11(14(17)18)5-4-10(16)2/h3,6-7,10-11H,4-5,8H2,1-2H3,(H,17,18). The highest BCUT2D eigenvalue weighted by molar-refractivity contribution is 7.89. The van der Waals surface area contributed by atoms with Crippen molar-refractivity contribution in [1.82, 2.24) is 4.31 Å². The van der Waals surface area contributed by atoms with E-state index in [1.54, 1.807) is 19.9 Å². The fourth-order valence-electron chi connectivity index (χ4n) is 2.48. The Morgan fingerprint density at radius 1 is 1.38 bits per heavy atom. The molecule has 0 amide bonds. The molecule has 7 heteroatoms. The number of hydrogen-bond acceptors (Lipinski definition) is 3. The smallest absolute Gasteiger partial charge is 0.307 e. The third-order valence-corrected chi connectivity index (χ3v) is 6.31. The molecule has 1 heterocycles. The van der Waals surface area contributed by atoms with Crippen LogP contribution in [-0.4, -0.2) is 36.4 Å². The molecule has 0 aliphatic carbocycles. The van der Waals surface area contributed by atoms with E-state index < -0.39 is 21.9 Å². The number of rotatable bonds is 3. The highest BCUT2D eigenvalue weighted by Gasteiger charge is 2.37. The lowest BCUT2D eigenvalue weighted by Gasteiger charge is -2.35. The van der Waals surface area contributed by atoms with Crippen LogP contribution in [0.1, 0.15) is 25.3 Å². The molecule has 5 nitrogen and oxygen atoms in total. The lowest BCUT2D eigenvalue weighted by atomic mass is 9.96. The Labute approximate surface area is 129 Å². The van der Waals surface area contributed by atoms with Crippen LogP contribution in [-0.2, 0) is 14.8 Å². The van der Waals surface area contributed by atoms with Crippen LogP contribution >= 0.6 is 11.6 Å². The molecule has 2 rings (SSSR count). The molecule has 1 aliphatic rings. The summed E-state index contributed by atoms with van der Waals surface area (Å²) in [5.74, 6) is -1.61. The van der Waals surface area contributed by atoms with Gasteiger partial charge in [-0.15, -0.1) is 0 Å². The zero-order chi connectivity index (χ0) is 15.8. The Morgan fingerprint density at radius 3 is 2.62 bits per heavy atom. The molecule has 21 heavy (non-hydrogen) atoms. The summed E-state index contributed by atoms with van der Waals surface area (Å²) in [7, 11) is -3.73. The Kier molecular flexibility index (Phi) is 4.60. The van der Waals surface area contributed by atoms with E-state index in [2.05, 4.69) is 0 Å². The van der Waals surface area contributed by atoms with Crippen LogP contribution in [0.2, 0.25) is 5.02 Å². The molecule has 1 aromatic carbocycles. The summed E-state index contributed by atoms with van der Waals surface area (Å²) >= 11 is 6.00. The molecule has 1 N–H and O–H groups in total. The minimum Gasteiger partial charge on any atom is -0.481 e. The summed E-state index contributed by atoms with van der Waals surface area (Å²) in [6.45, 7) is 3.60. The van der Waals surface area contributed by atoms with E-state index in [1.165, 1.54) is 16.4 Å². The lowest BCUT2D eigenvalue weighted by Crippen LogP contribution is -2.47. The van der Waals surface area contributed by atoms with Gasteiger partial charge in [0.15, 0.2) is 0 Å². The molecule has 1 saturated heterocycles. The summed E-state index contributed by atoms with van der Waals surface area (Å²) in [5.41, 5.74) is 0.797. The molecule has 116 valence electrons. The van der Waals surface area contributed by atoms with Crippen LogP contribution in [0.3, 0.4) is 0 Å². The number of carboxylic acids is 1. The fraction of sp³-hybridized carbons (Fsp3) is 0.500. The maximum atomic E-state index is 12.7. The van der Waals surface area contributed by atoms with Gasteiger partial charge in [0.2, 0.25) is 10.0 Å². The van der Waals surface area contributed by atoms with Gasteiger partial charge in [-0.1, -0.05) is 17.7 Å². The number of halogens is 1. The Bertz CT molecular complexity index is 659. The first kappa shape index (κ1) is 16.3. The number of piperidine rings is 1. The number of benzene rings is 1. The molecule has 0 bridgehead atoms. The van der Waals surface area contributed by atoms with Gasteiger partial charge < -0.3 is 5.11 Å². The second kappa shape index (κ2) is 5.94. The summed E-state index contributed by atoms with van der Waals surface area (Å²) in [4.78, 5) is 11.2. The number of carboxylic acid groups (broad SMARTS) is 1. The zero-order valence-corrected chi connectivity index (χ0v) is 13.5. The third-order valence-electron chi connectivity index (χ3n) is 3.92. The van der Waals surface area contributed by atoms with E-state index >= 15 is 0 Å². The quantitative estimate of drug-likeness (QED) is 0.923. The molecule has 1 fully saturated rings. The van der Waals surface area contributed by atoms with Crippen molar-refractivity contribution in [3.63, 3.8) is 0 Å². The predicted octanol–water partition coefficient (Wildman–Crippen LogP) is 2.52. The van der Waals surface area contributed by atoms with Gasteiger partial charge in [0.25, 0.3) is 0 Å². The van der Waals surface area contributed by atoms with Crippen LogP contribution in [0.4, 0.5) is 0 Å². The number of hydrogen-bond donors (Lipinski definition) is 1. The van der Waals surface area contributed by atoms with Gasteiger partial charge in [-0.05, 0) is 44.4 Å². The molecule has 2 atom stereocenters. The van der Waals surface area contributed by atoms with Gasteiger partial charge >= 0.3 is 5.97 Å². The Morgan fingerprint density at radius 2 is 2.05 bits per heavy atom. The minimum atomic E-state index is -3.73. The molecule has 1 aliphatic heterocycles. The van der Waals surface area contributed by atoms with Gasteiger partial charge in [0, 0.05) is 17.6 Å². The van der Waals surface area contributed by atoms with Gasteiger partial charge in [-0.3, -0.25) is 4.79 Å². The highest BCUT2D eigenvalue weighted by atomic mass is 35.5. The van der Waals surface area contributed by atoms with Crippen molar-refractivity contribution in [2.45, 2.75) is 37.6 Å². The molecular formula is C14H18ClNO4S. The molecule has 2 unspecified atom stereocenters. The van der Waals surface area contributed by atoms with E-state index in [1.807, 2.05) is 0 Å². The first-order valence-electron chi connectivity index (χ1n) is 6.74. The maximum absolute atomic E-state index is 12.7.